The summed E-state index contributed by atoms with van der Waals surface area (Å²) in [5, 5.41) is 8.49. The number of alkyl carbamates (subject to hydrolysis) is 1. The maximum absolute atomic E-state index is 15.1. The van der Waals surface area contributed by atoms with Crippen LogP contribution in [0.15, 0.2) is 48.5 Å². The zero-order chi connectivity index (χ0) is 33.5. The lowest BCUT2D eigenvalue weighted by Crippen LogP contribution is -2.70. The van der Waals surface area contributed by atoms with Crippen molar-refractivity contribution in [1.82, 2.24) is 10.2 Å². The lowest BCUT2D eigenvalue weighted by Gasteiger charge is -2.67. The Kier molecular flexibility index (Phi) is 8.65. The van der Waals surface area contributed by atoms with Crippen LogP contribution < -0.4 is 16.0 Å². The van der Waals surface area contributed by atoms with Gasteiger partial charge in [-0.2, -0.15) is 0 Å². The van der Waals surface area contributed by atoms with Crippen molar-refractivity contribution in [2.24, 2.45) is 10.8 Å². The smallest absolute Gasteiger partial charge is 0.410 e. The molecule has 0 spiro atoms. The topological polar surface area (TPSA) is 126 Å². The van der Waals surface area contributed by atoms with E-state index in [4.69, 9.17) is 9.47 Å². The summed E-state index contributed by atoms with van der Waals surface area (Å²) >= 11 is 0. The van der Waals surface area contributed by atoms with E-state index in [9.17, 15) is 19.2 Å². The van der Waals surface area contributed by atoms with E-state index >= 15 is 4.39 Å². The van der Waals surface area contributed by atoms with Crippen molar-refractivity contribution >= 4 is 40.9 Å². The number of amides is 4. The summed E-state index contributed by atoms with van der Waals surface area (Å²) in [5.41, 5.74) is 0.730. The molecule has 0 unspecified atom stereocenters. The first-order valence-electron chi connectivity index (χ1n) is 15.6. The van der Waals surface area contributed by atoms with Crippen LogP contribution in [0.4, 0.5) is 25.4 Å². The molecule has 246 valence electrons. The second kappa shape index (κ2) is 12.1. The second-order valence-corrected chi connectivity index (χ2v) is 14.7. The van der Waals surface area contributed by atoms with Gasteiger partial charge in [-0.05, 0) is 109 Å². The summed E-state index contributed by atoms with van der Waals surface area (Å²) in [7, 11) is 0. The van der Waals surface area contributed by atoms with E-state index in [1.165, 1.54) is 6.07 Å². The highest BCUT2D eigenvalue weighted by molar-refractivity contribution is 6.05. The van der Waals surface area contributed by atoms with Crippen LogP contribution in [0.5, 0.6) is 0 Å². The summed E-state index contributed by atoms with van der Waals surface area (Å²) in [6, 6.07) is 11.8. The second-order valence-electron chi connectivity index (χ2n) is 14.7. The van der Waals surface area contributed by atoms with Gasteiger partial charge in [-0.3, -0.25) is 9.59 Å². The van der Waals surface area contributed by atoms with E-state index in [2.05, 4.69) is 16.0 Å². The average molecular weight is 635 g/mol. The first-order valence-corrected chi connectivity index (χ1v) is 15.6. The molecule has 3 aliphatic carbocycles. The van der Waals surface area contributed by atoms with Gasteiger partial charge in [-0.15, -0.1) is 0 Å². The first kappa shape index (κ1) is 33.0. The maximum Gasteiger partial charge on any atom is 0.410 e. The van der Waals surface area contributed by atoms with Gasteiger partial charge in [0.1, 0.15) is 17.0 Å². The van der Waals surface area contributed by atoms with Gasteiger partial charge in [0.25, 0.3) is 0 Å². The van der Waals surface area contributed by atoms with Crippen molar-refractivity contribution in [3.8, 4) is 0 Å². The van der Waals surface area contributed by atoms with E-state index in [1.807, 2.05) is 39.0 Å². The van der Waals surface area contributed by atoms with Crippen LogP contribution in [0.1, 0.15) is 78.4 Å². The molecule has 0 atom stereocenters. The lowest BCUT2D eigenvalue weighted by molar-refractivity contribution is -0.201. The molecule has 2 aromatic carbocycles. The van der Waals surface area contributed by atoms with E-state index in [1.54, 1.807) is 49.9 Å². The molecule has 4 aliphatic rings. The van der Waals surface area contributed by atoms with Crippen LogP contribution in [0.25, 0.3) is 5.57 Å². The molecule has 0 radical (unpaired) electrons. The molecule has 0 saturated heterocycles. The zero-order valence-electron chi connectivity index (χ0n) is 27.3. The van der Waals surface area contributed by atoms with Crippen molar-refractivity contribution in [3.63, 3.8) is 0 Å². The predicted molar refractivity (Wildman–Crippen MR) is 172 cm³/mol. The van der Waals surface area contributed by atoms with E-state index in [-0.39, 0.29) is 11.8 Å². The van der Waals surface area contributed by atoms with Gasteiger partial charge in [-0.25, -0.2) is 14.0 Å². The number of carbonyl (C=O) groups excluding carboxylic acids is 4. The Morgan fingerprint density at radius 3 is 1.91 bits per heavy atom. The maximum atomic E-state index is 15.1. The molecular weight excluding hydrogens is 591 g/mol. The standard InChI is InChI=1S/C35H43FN4O6/c1-32(2,3)45-30(43)37-18-22-7-9-24(10-8-22)38-28(41)34-19-35(20-34,21-34)29(42)39-25-11-12-26(27(36)17-25)23-13-15-40(16-14-23)31(44)46-33(4,5)6/h7-13,17H,14-16,18-21H2,1-6H3,(H,37,43)(H,38,41)(H,39,42). The molecule has 3 N–H and O–H groups in total. The van der Waals surface area contributed by atoms with Gasteiger partial charge in [0, 0.05) is 36.6 Å². The third kappa shape index (κ3) is 7.35. The highest BCUT2D eigenvalue weighted by Crippen LogP contribution is 2.73. The lowest BCUT2D eigenvalue weighted by atomic mass is 9.34. The number of hydrogen-bond acceptors (Lipinski definition) is 6. The monoisotopic (exact) mass is 634 g/mol. The fourth-order valence-electron chi connectivity index (χ4n) is 6.25. The number of nitrogens with zero attached hydrogens (tertiary/aromatic N) is 1. The van der Waals surface area contributed by atoms with Gasteiger partial charge in [0.2, 0.25) is 11.8 Å². The van der Waals surface area contributed by atoms with E-state index in [0.717, 1.165) is 11.1 Å². The van der Waals surface area contributed by atoms with Crippen LogP contribution in [-0.4, -0.2) is 53.2 Å². The van der Waals surface area contributed by atoms with Crippen LogP contribution >= 0.6 is 0 Å². The quantitative estimate of drug-likeness (QED) is 0.314. The van der Waals surface area contributed by atoms with Gasteiger partial charge >= 0.3 is 12.2 Å². The average Bonchev–Trinajstić information content (AvgIpc) is 2.89. The molecular formula is C35H43FN4O6. The molecule has 0 aromatic heterocycles. The fraction of sp³-hybridized carbons (Fsp3) is 0.486. The normalized spacial score (nSPS) is 22.0. The molecule has 3 fully saturated rings. The zero-order valence-corrected chi connectivity index (χ0v) is 27.3. The molecule has 2 aromatic rings. The third-order valence-electron chi connectivity index (χ3n) is 8.47. The summed E-state index contributed by atoms with van der Waals surface area (Å²) < 4.78 is 25.8. The number of ether oxygens (including phenoxy) is 2. The van der Waals surface area contributed by atoms with Gasteiger partial charge < -0.3 is 30.3 Å². The Morgan fingerprint density at radius 1 is 0.826 bits per heavy atom. The number of carbonyl (C=O) groups is 4. The Bertz CT molecular complexity index is 1550. The third-order valence-corrected chi connectivity index (χ3v) is 8.47. The number of rotatable bonds is 7. The number of halogens is 1. The summed E-state index contributed by atoms with van der Waals surface area (Å²) in [4.78, 5) is 52.0. The Morgan fingerprint density at radius 2 is 1.39 bits per heavy atom. The number of benzene rings is 2. The molecule has 10 nitrogen and oxygen atoms in total. The van der Waals surface area contributed by atoms with Crippen molar-refractivity contribution in [2.75, 3.05) is 23.7 Å². The Balaban J connectivity index is 1.09. The Labute approximate surface area is 269 Å². The molecule has 46 heavy (non-hydrogen) atoms. The number of hydrogen-bond donors (Lipinski definition) is 3. The molecule has 1 heterocycles. The molecule has 6 rings (SSSR count). The minimum Gasteiger partial charge on any atom is -0.444 e. The minimum absolute atomic E-state index is 0.122. The SMILES string of the molecule is CC(C)(C)OC(=O)NCc1ccc(NC(=O)C23CC(C(=O)Nc4ccc(C5=CCN(C(=O)OC(C)(C)C)CC5)c(F)c4)(C2)C3)cc1. The van der Waals surface area contributed by atoms with Crippen LogP contribution in [0.2, 0.25) is 0 Å². The summed E-state index contributed by atoms with van der Waals surface area (Å²) in [6.07, 6.45) is 2.75. The molecule has 3 saturated carbocycles. The molecule has 11 heteroatoms. The van der Waals surface area contributed by atoms with Crippen LogP contribution in [0.3, 0.4) is 0 Å². The van der Waals surface area contributed by atoms with E-state index < -0.39 is 40.0 Å². The largest absolute Gasteiger partial charge is 0.444 e. The highest BCUT2D eigenvalue weighted by atomic mass is 19.1. The summed E-state index contributed by atoms with van der Waals surface area (Å²) in [6.45, 7) is 11.9. The van der Waals surface area contributed by atoms with Gasteiger partial charge in [0.05, 0.1) is 10.8 Å². The molecule has 4 amide bonds. The fourth-order valence-corrected chi connectivity index (χ4v) is 6.25. The van der Waals surface area contributed by atoms with Crippen LogP contribution in [-0.2, 0) is 25.6 Å². The van der Waals surface area contributed by atoms with Crippen LogP contribution in [0, 0.1) is 16.6 Å². The first-order chi connectivity index (χ1) is 21.5. The van der Waals surface area contributed by atoms with Crippen molar-refractivity contribution in [2.45, 2.75) is 85.0 Å². The van der Waals surface area contributed by atoms with Crippen molar-refractivity contribution < 1.29 is 33.0 Å². The van der Waals surface area contributed by atoms with Crippen molar-refractivity contribution in [1.29, 1.82) is 0 Å². The molecule has 2 bridgehead atoms. The van der Waals surface area contributed by atoms with Crippen molar-refractivity contribution in [3.05, 3.63) is 65.5 Å². The predicted octanol–water partition coefficient (Wildman–Crippen LogP) is 6.62. The Hall–Kier alpha value is -4.41. The number of nitrogens with one attached hydrogen (secondary N) is 3. The molecule has 1 aliphatic heterocycles. The van der Waals surface area contributed by atoms with Gasteiger partial charge in [0.15, 0.2) is 0 Å². The summed E-state index contributed by atoms with van der Waals surface area (Å²) in [5.74, 6) is -0.779. The van der Waals surface area contributed by atoms with Gasteiger partial charge in [-0.1, -0.05) is 18.2 Å². The minimum atomic E-state index is -0.624. The number of anilines is 2. The highest BCUT2D eigenvalue weighted by Gasteiger charge is 2.74. The van der Waals surface area contributed by atoms with E-state index in [0.29, 0.717) is 62.3 Å².